The topological polar surface area (TPSA) is 86.7 Å². The third kappa shape index (κ3) is 1.63. The van der Waals surface area contributed by atoms with Gasteiger partial charge in [-0.2, -0.15) is 0 Å². The molecule has 0 spiro atoms. The number of ketones is 2. The molecule has 0 saturated heterocycles. The van der Waals surface area contributed by atoms with Gasteiger partial charge in [-0.15, -0.1) is 0 Å². The number of ether oxygens (including phenoxy) is 2. The maximum atomic E-state index is 12.1. The fourth-order valence-electron chi connectivity index (χ4n) is 2.98. The quantitative estimate of drug-likeness (QED) is 0.498. The van der Waals surface area contributed by atoms with Gasteiger partial charge in [0.1, 0.15) is 11.8 Å². The van der Waals surface area contributed by atoms with E-state index in [0.29, 0.717) is 12.8 Å². The van der Waals surface area contributed by atoms with Crippen molar-refractivity contribution < 1.29 is 28.7 Å². The van der Waals surface area contributed by atoms with Gasteiger partial charge in [-0.1, -0.05) is 0 Å². The molecular formula is C12H14O6. The van der Waals surface area contributed by atoms with Crippen LogP contribution in [0, 0.1) is 23.7 Å². The van der Waals surface area contributed by atoms with Gasteiger partial charge in [-0.3, -0.25) is 19.2 Å². The minimum Gasteiger partial charge on any atom is -0.468 e. The summed E-state index contributed by atoms with van der Waals surface area (Å²) < 4.78 is 9.11. The normalized spacial score (nSPS) is 34.3. The predicted octanol–water partition coefficient (Wildman–Crippen LogP) is -0.257. The lowest BCUT2D eigenvalue weighted by Gasteiger charge is -2.41. The van der Waals surface area contributed by atoms with Crippen molar-refractivity contribution in [1.82, 2.24) is 0 Å². The standard InChI is InChI=1S/C12H14O6/c1-17-11(15)7-5-3-4-6(9(7)13)8(10(5)14)12(16)18-2/h5-8H,3-4H2,1-2H3. The Hall–Kier alpha value is -1.72. The number of carbonyl (C=O) groups excluding carboxylic acids is 4. The summed E-state index contributed by atoms with van der Waals surface area (Å²) in [5, 5.41) is 0. The smallest absolute Gasteiger partial charge is 0.316 e. The first-order valence-electron chi connectivity index (χ1n) is 5.76. The second kappa shape index (κ2) is 4.51. The Bertz CT molecular complexity index is 386. The molecule has 2 bridgehead atoms. The third-order valence-corrected chi connectivity index (χ3v) is 3.85. The largest absolute Gasteiger partial charge is 0.468 e. The van der Waals surface area contributed by atoms with Gasteiger partial charge in [0.15, 0.2) is 11.6 Å². The van der Waals surface area contributed by atoms with Crippen LogP contribution in [0.25, 0.3) is 0 Å². The number of rotatable bonds is 2. The van der Waals surface area contributed by atoms with E-state index in [-0.39, 0.29) is 11.6 Å². The molecule has 6 heteroatoms. The van der Waals surface area contributed by atoms with E-state index in [1.807, 2.05) is 0 Å². The van der Waals surface area contributed by atoms with E-state index < -0.39 is 35.6 Å². The molecule has 3 aliphatic rings. The van der Waals surface area contributed by atoms with Crippen molar-refractivity contribution in [3.05, 3.63) is 0 Å². The van der Waals surface area contributed by atoms with Crippen molar-refractivity contribution in [2.24, 2.45) is 23.7 Å². The molecule has 0 aromatic heterocycles. The number of Topliss-reactive ketones (excluding diaryl/α,β-unsaturated/α-hetero) is 2. The van der Waals surface area contributed by atoms with Crippen LogP contribution in [0.3, 0.4) is 0 Å². The molecule has 3 saturated carbocycles. The van der Waals surface area contributed by atoms with Crippen LogP contribution < -0.4 is 0 Å². The maximum Gasteiger partial charge on any atom is 0.316 e. The van der Waals surface area contributed by atoms with Crippen molar-refractivity contribution in [3.8, 4) is 0 Å². The Morgan fingerprint density at radius 1 is 0.889 bits per heavy atom. The van der Waals surface area contributed by atoms with Crippen LogP contribution in [0.2, 0.25) is 0 Å². The molecule has 3 fully saturated rings. The molecule has 3 aliphatic carbocycles. The zero-order chi connectivity index (χ0) is 13.4. The van der Waals surface area contributed by atoms with Crippen molar-refractivity contribution in [2.75, 3.05) is 14.2 Å². The van der Waals surface area contributed by atoms with Crippen LogP contribution >= 0.6 is 0 Å². The van der Waals surface area contributed by atoms with Crippen LogP contribution in [-0.4, -0.2) is 37.7 Å². The number of hydrogen-bond donors (Lipinski definition) is 0. The molecule has 0 N–H and O–H groups in total. The van der Waals surface area contributed by atoms with E-state index in [1.165, 1.54) is 14.2 Å². The highest BCUT2D eigenvalue weighted by molar-refractivity contribution is 6.15. The summed E-state index contributed by atoms with van der Waals surface area (Å²) in [6.45, 7) is 0. The van der Waals surface area contributed by atoms with Gasteiger partial charge in [0, 0.05) is 11.8 Å². The third-order valence-electron chi connectivity index (χ3n) is 3.85. The fraction of sp³-hybridized carbons (Fsp3) is 0.667. The van der Waals surface area contributed by atoms with Gasteiger partial charge >= 0.3 is 11.9 Å². The molecule has 0 aliphatic heterocycles. The van der Waals surface area contributed by atoms with Gasteiger partial charge in [0.2, 0.25) is 0 Å². The first-order chi connectivity index (χ1) is 8.52. The zero-order valence-corrected chi connectivity index (χ0v) is 10.2. The molecule has 0 aromatic rings. The lowest BCUT2D eigenvalue weighted by molar-refractivity contribution is -0.172. The highest BCUT2D eigenvalue weighted by Gasteiger charge is 2.58. The molecule has 98 valence electrons. The van der Waals surface area contributed by atoms with Gasteiger partial charge in [-0.25, -0.2) is 0 Å². The summed E-state index contributed by atoms with van der Waals surface area (Å²) in [4.78, 5) is 47.3. The molecule has 0 heterocycles. The van der Waals surface area contributed by atoms with Crippen molar-refractivity contribution in [1.29, 1.82) is 0 Å². The molecule has 0 amide bonds. The van der Waals surface area contributed by atoms with E-state index >= 15 is 0 Å². The van der Waals surface area contributed by atoms with E-state index in [2.05, 4.69) is 9.47 Å². The van der Waals surface area contributed by atoms with Crippen LogP contribution in [0.15, 0.2) is 0 Å². The lowest BCUT2D eigenvalue weighted by atomic mass is 9.58. The number of methoxy groups -OCH3 is 2. The van der Waals surface area contributed by atoms with E-state index in [0.717, 1.165) is 0 Å². The van der Waals surface area contributed by atoms with Crippen molar-refractivity contribution in [2.45, 2.75) is 12.8 Å². The summed E-state index contributed by atoms with van der Waals surface area (Å²) in [6, 6.07) is 0. The molecule has 4 unspecified atom stereocenters. The number of fused-ring (bicyclic) bond motifs is 3. The van der Waals surface area contributed by atoms with Crippen molar-refractivity contribution in [3.63, 3.8) is 0 Å². The minimum atomic E-state index is -1.04. The van der Waals surface area contributed by atoms with Gasteiger partial charge in [0.05, 0.1) is 14.2 Å². The summed E-state index contributed by atoms with van der Waals surface area (Å²) in [5.41, 5.74) is 0. The maximum absolute atomic E-state index is 12.1. The van der Waals surface area contributed by atoms with E-state index in [4.69, 9.17) is 0 Å². The molecule has 0 aromatic carbocycles. The number of hydrogen-bond acceptors (Lipinski definition) is 6. The molecule has 3 rings (SSSR count). The Morgan fingerprint density at radius 3 is 1.50 bits per heavy atom. The average Bonchev–Trinajstić information content (AvgIpc) is 2.38. The van der Waals surface area contributed by atoms with Gasteiger partial charge < -0.3 is 9.47 Å². The molecule has 18 heavy (non-hydrogen) atoms. The highest BCUT2D eigenvalue weighted by atomic mass is 16.5. The van der Waals surface area contributed by atoms with Crippen LogP contribution in [0.5, 0.6) is 0 Å². The van der Waals surface area contributed by atoms with Crippen LogP contribution in [0.1, 0.15) is 12.8 Å². The Balaban J connectivity index is 2.33. The Labute approximate surface area is 104 Å². The average molecular weight is 254 g/mol. The Kier molecular flexibility index (Phi) is 3.19. The molecule has 6 nitrogen and oxygen atoms in total. The Morgan fingerprint density at radius 2 is 1.22 bits per heavy atom. The number of esters is 2. The SMILES string of the molecule is COC(=O)C1C(=O)C2CCC1C(=O)C2C(=O)OC. The highest BCUT2D eigenvalue weighted by Crippen LogP contribution is 2.44. The summed E-state index contributed by atoms with van der Waals surface area (Å²) in [5.74, 6) is -5.67. The van der Waals surface area contributed by atoms with E-state index in [1.54, 1.807) is 0 Å². The summed E-state index contributed by atoms with van der Waals surface area (Å²) in [6.07, 6.45) is 0.894. The minimum absolute atomic E-state index is 0.367. The fourth-order valence-corrected chi connectivity index (χ4v) is 2.98. The second-order valence-corrected chi connectivity index (χ2v) is 4.60. The molecule has 0 radical (unpaired) electrons. The first-order valence-corrected chi connectivity index (χ1v) is 5.76. The van der Waals surface area contributed by atoms with E-state index in [9.17, 15) is 19.2 Å². The summed E-state index contributed by atoms with van der Waals surface area (Å²) >= 11 is 0. The first kappa shape index (κ1) is 12.7. The second-order valence-electron chi connectivity index (χ2n) is 4.60. The monoisotopic (exact) mass is 254 g/mol. The zero-order valence-electron chi connectivity index (χ0n) is 10.2. The van der Waals surface area contributed by atoms with Gasteiger partial charge in [-0.05, 0) is 12.8 Å². The lowest BCUT2D eigenvalue weighted by Crippen LogP contribution is -2.56. The van der Waals surface area contributed by atoms with Gasteiger partial charge in [0.25, 0.3) is 0 Å². The predicted molar refractivity (Wildman–Crippen MR) is 57.2 cm³/mol. The van der Waals surface area contributed by atoms with Crippen LogP contribution in [0.4, 0.5) is 0 Å². The molecular weight excluding hydrogens is 240 g/mol. The summed E-state index contributed by atoms with van der Waals surface area (Å²) in [7, 11) is 2.36. The number of carbonyl (C=O) groups is 4. The van der Waals surface area contributed by atoms with Crippen LogP contribution in [-0.2, 0) is 28.7 Å². The molecule has 4 atom stereocenters. The van der Waals surface area contributed by atoms with Crippen molar-refractivity contribution >= 4 is 23.5 Å².